The first kappa shape index (κ1) is 18.9. The Kier molecular flexibility index (Phi) is 4.92. The molecule has 7 nitrogen and oxygen atoms in total. The fourth-order valence-electron chi connectivity index (χ4n) is 3.66. The van der Waals surface area contributed by atoms with Crippen LogP contribution < -0.4 is 15.4 Å². The summed E-state index contributed by atoms with van der Waals surface area (Å²) in [5.74, 6) is 0.241. The molecular weight excluding hydrogens is 373 g/mol. The van der Waals surface area contributed by atoms with Crippen LogP contribution in [0, 0.1) is 5.82 Å². The molecule has 3 aromatic rings. The predicted molar refractivity (Wildman–Crippen MR) is 110 cm³/mol. The standard InChI is InChI=1S/C21H22FN5O2/c1-14-13-26(15-3-5-16(28)6-4-15)9-10-27(14)21-24-19(11-20(29)25(21)2)17-7-8-23-12-18(17)22/h3-8,11-12,14,28H,9-10,13H2,1-2H3/t14-/m1/s1. The Labute approximate surface area is 167 Å². The number of phenolic OH excluding ortho intramolecular Hbond substituents is 1. The zero-order valence-corrected chi connectivity index (χ0v) is 16.3. The molecule has 8 heteroatoms. The first-order chi connectivity index (χ1) is 13.9. The minimum Gasteiger partial charge on any atom is -0.508 e. The molecule has 1 saturated heterocycles. The molecule has 29 heavy (non-hydrogen) atoms. The van der Waals surface area contributed by atoms with Gasteiger partial charge in [0.1, 0.15) is 5.75 Å². The molecule has 1 aliphatic rings. The zero-order chi connectivity index (χ0) is 20.5. The first-order valence-corrected chi connectivity index (χ1v) is 9.42. The first-order valence-electron chi connectivity index (χ1n) is 9.42. The molecule has 4 rings (SSSR count). The number of piperazine rings is 1. The van der Waals surface area contributed by atoms with Crippen molar-refractivity contribution in [1.29, 1.82) is 0 Å². The van der Waals surface area contributed by atoms with E-state index in [1.807, 2.05) is 12.1 Å². The van der Waals surface area contributed by atoms with E-state index in [0.29, 0.717) is 18.2 Å². The van der Waals surface area contributed by atoms with Gasteiger partial charge in [0.05, 0.1) is 11.9 Å². The Hall–Kier alpha value is -3.42. The molecule has 1 N–H and O–H groups in total. The monoisotopic (exact) mass is 395 g/mol. The summed E-state index contributed by atoms with van der Waals surface area (Å²) in [5.41, 5.74) is 1.35. The van der Waals surface area contributed by atoms with Crippen molar-refractivity contribution >= 4 is 11.6 Å². The van der Waals surface area contributed by atoms with Crippen molar-refractivity contribution < 1.29 is 9.50 Å². The Morgan fingerprint density at radius 3 is 2.62 bits per heavy atom. The molecule has 2 aromatic heterocycles. The van der Waals surface area contributed by atoms with E-state index in [9.17, 15) is 14.3 Å². The van der Waals surface area contributed by atoms with Gasteiger partial charge < -0.3 is 14.9 Å². The molecule has 0 aliphatic carbocycles. The van der Waals surface area contributed by atoms with Gasteiger partial charge >= 0.3 is 0 Å². The topological polar surface area (TPSA) is 74.5 Å². The third-order valence-corrected chi connectivity index (χ3v) is 5.26. The van der Waals surface area contributed by atoms with E-state index in [-0.39, 0.29) is 22.9 Å². The van der Waals surface area contributed by atoms with Crippen LogP contribution in [0.1, 0.15) is 6.92 Å². The second kappa shape index (κ2) is 7.54. The average molecular weight is 395 g/mol. The van der Waals surface area contributed by atoms with Crippen molar-refractivity contribution in [3.05, 3.63) is 65.0 Å². The Morgan fingerprint density at radius 1 is 1.17 bits per heavy atom. The van der Waals surface area contributed by atoms with Gasteiger partial charge in [0, 0.05) is 56.2 Å². The van der Waals surface area contributed by atoms with Crippen LogP contribution in [0.25, 0.3) is 11.3 Å². The average Bonchev–Trinajstić information content (AvgIpc) is 2.71. The minimum atomic E-state index is -0.510. The predicted octanol–water partition coefficient (Wildman–Crippen LogP) is 2.40. The molecule has 1 atom stereocenters. The van der Waals surface area contributed by atoms with Crippen LogP contribution in [-0.4, -0.2) is 45.3 Å². The quantitative estimate of drug-likeness (QED) is 0.734. The van der Waals surface area contributed by atoms with Crippen molar-refractivity contribution in [3.8, 4) is 17.0 Å². The lowest BCUT2D eigenvalue weighted by molar-refractivity contribution is 0.475. The lowest BCUT2D eigenvalue weighted by atomic mass is 10.1. The molecular formula is C21H22FN5O2. The van der Waals surface area contributed by atoms with Crippen molar-refractivity contribution in [3.63, 3.8) is 0 Å². The maximum absolute atomic E-state index is 14.2. The fourth-order valence-corrected chi connectivity index (χ4v) is 3.66. The van der Waals surface area contributed by atoms with E-state index >= 15 is 0 Å². The van der Waals surface area contributed by atoms with E-state index < -0.39 is 5.82 Å². The van der Waals surface area contributed by atoms with Gasteiger partial charge in [-0.1, -0.05) is 0 Å². The van der Waals surface area contributed by atoms with E-state index in [1.165, 1.54) is 22.9 Å². The van der Waals surface area contributed by atoms with Crippen LogP contribution in [0.2, 0.25) is 0 Å². The minimum absolute atomic E-state index is 0.0770. The van der Waals surface area contributed by atoms with Gasteiger partial charge in [-0.25, -0.2) is 9.37 Å². The van der Waals surface area contributed by atoms with E-state index in [4.69, 9.17) is 0 Å². The molecule has 1 fully saturated rings. The molecule has 0 saturated carbocycles. The number of hydrogen-bond donors (Lipinski definition) is 1. The lowest BCUT2D eigenvalue weighted by Gasteiger charge is -2.42. The number of aromatic hydroxyl groups is 1. The van der Waals surface area contributed by atoms with Crippen molar-refractivity contribution in [2.75, 3.05) is 29.4 Å². The summed E-state index contributed by atoms with van der Waals surface area (Å²) in [5, 5.41) is 9.50. The maximum atomic E-state index is 14.2. The summed E-state index contributed by atoms with van der Waals surface area (Å²) < 4.78 is 15.7. The summed E-state index contributed by atoms with van der Waals surface area (Å²) in [4.78, 5) is 25.2. The highest BCUT2D eigenvalue weighted by atomic mass is 19.1. The van der Waals surface area contributed by atoms with Crippen LogP contribution in [0.15, 0.2) is 53.6 Å². The largest absolute Gasteiger partial charge is 0.508 e. The lowest BCUT2D eigenvalue weighted by Crippen LogP contribution is -2.53. The highest BCUT2D eigenvalue weighted by molar-refractivity contribution is 5.61. The number of phenols is 1. The highest BCUT2D eigenvalue weighted by Crippen LogP contribution is 2.26. The number of hydrogen-bond acceptors (Lipinski definition) is 6. The van der Waals surface area contributed by atoms with Crippen LogP contribution in [0.5, 0.6) is 5.75 Å². The molecule has 0 unspecified atom stereocenters. The Morgan fingerprint density at radius 2 is 1.93 bits per heavy atom. The molecule has 3 heterocycles. The highest BCUT2D eigenvalue weighted by Gasteiger charge is 2.27. The summed E-state index contributed by atoms with van der Waals surface area (Å²) in [6.07, 6.45) is 2.60. The summed E-state index contributed by atoms with van der Waals surface area (Å²) in [7, 11) is 1.68. The van der Waals surface area contributed by atoms with Gasteiger partial charge in [-0.15, -0.1) is 0 Å². The summed E-state index contributed by atoms with van der Waals surface area (Å²) >= 11 is 0. The Balaban J connectivity index is 1.64. The number of benzene rings is 1. The summed E-state index contributed by atoms with van der Waals surface area (Å²) in [6.45, 7) is 4.19. The van der Waals surface area contributed by atoms with E-state index in [1.54, 1.807) is 19.2 Å². The second-order valence-corrected chi connectivity index (χ2v) is 7.20. The van der Waals surface area contributed by atoms with Crippen molar-refractivity contribution in [1.82, 2.24) is 14.5 Å². The summed E-state index contributed by atoms with van der Waals surface area (Å²) in [6, 6.07) is 10.1. The number of aromatic nitrogens is 3. The van der Waals surface area contributed by atoms with Crippen LogP contribution >= 0.6 is 0 Å². The number of anilines is 2. The molecule has 0 amide bonds. The molecule has 0 radical (unpaired) electrons. The number of pyridine rings is 1. The van der Waals surface area contributed by atoms with Gasteiger partial charge in [-0.05, 0) is 37.3 Å². The molecule has 1 aromatic carbocycles. The van der Waals surface area contributed by atoms with Crippen molar-refractivity contribution in [2.24, 2.45) is 7.05 Å². The van der Waals surface area contributed by atoms with E-state index in [0.717, 1.165) is 25.0 Å². The van der Waals surface area contributed by atoms with Gasteiger partial charge in [-0.3, -0.25) is 14.3 Å². The van der Waals surface area contributed by atoms with Gasteiger partial charge in [0.25, 0.3) is 5.56 Å². The number of nitrogens with zero attached hydrogens (tertiary/aromatic N) is 5. The van der Waals surface area contributed by atoms with Crippen LogP contribution in [0.3, 0.4) is 0 Å². The van der Waals surface area contributed by atoms with Gasteiger partial charge in [0.15, 0.2) is 5.82 Å². The third kappa shape index (κ3) is 3.65. The molecule has 0 spiro atoms. The van der Waals surface area contributed by atoms with Gasteiger partial charge in [0.2, 0.25) is 5.95 Å². The normalized spacial score (nSPS) is 16.9. The smallest absolute Gasteiger partial charge is 0.255 e. The molecule has 150 valence electrons. The maximum Gasteiger partial charge on any atom is 0.255 e. The van der Waals surface area contributed by atoms with Crippen molar-refractivity contribution in [2.45, 2.75) is 13.0 Å². The zero-order valence-electron chi connectivity index (χ0n) is 16.3. The fraction of sp³-hybridized carbons (Fsp3) is 0.286. The molecule has 1 aliphatic heterocycles. The third-order valence-electron chi connectivity index (χ3n) is 5.26. The molecule has 0 bridgehead atoms. The second-order valence-electron chi connectivity index (χ2n) is 7.20. The van der Waals surface area contributed by atoms with Crippen LogP contribution in [0.4, 0.5) is 16.0 Å². The van der Waals surface area contributed by atoms with Crippen LogP contribution in [-0.2, 0) is 7.05 Å². The van der Waals surface area contributed by atoms with Gasteiger partial charge in [-0.2, -0.15) is 0 Å². The number of halogens is 1. The van der Waals surface area contributed by atoms with E-state index in [2.05, 4.69) is 26.7 Å². The number of rotatable bonds is 3. The SMILES string of the molecule is C[C@@H]1CN(c2ccc(O)cc2)CCN1c1nc(-c2ccncc2F)cc(=O)n1C. The Bertz CT molecular complexity index is 1080.